The van der Waals surface area contributed by atoms with E-state index < -0.39 is 0 Å². The molecule has 0 bridgehead atoms. The lowest BCUT2D eigenvalue weighted by Crippen LogP contribution is -2.20. The molecule has 1 aromatic carbocycles. The molecule has 1 atom stereocenters. The van der Waals surface area contributed by atoms with Gasteiger partial charge in [0.2, 0.25) is 0 Å². The Balaban J connectivity index is 2.21. The van der Waals surface area contributed by atoms with Crippen molar-refractivity contribution in [3.63, 3.8) is 0 Å². The maximum absolute atomic E-state index is 14.1. The number of nitrogens with zero attached hydrogens (tertiary/aromatic N) is 1. The van der Waals surface area contributed by atoms with Crippen molar-refractivity contribution in [3.05, 3.63) is 58.1 Å². The SMILES string of the molecule is CNC(Cc1ccc(Br)cn1)c1ccc(OC)cc1F. The molecule has 0 aliphatic carbocycles. The molecule has 3 nitrogen and oxygen atoms in total. The number of nitrogens with one attached hydrogen (secondary N) is 1. The molecule has 2 rings (SSSR count). The first-order chi connectivity index (χ1) is 9.63. The zero-order chi connectivity index (χ0) is 14.5. The summed E-state index contributed by atoms with van der Waals surface area (Å²) in [7, 11) is 3.34. The van der Waals surface area contributed by atoms with E-state index in [0.717, 1.165) is 10.2 Å². The van der Waals surface area contributed by atoms with Crippen LogP contribution in [0.25, 0.3) is 0 Å². The average molecular weight is 339 g/mol. The van der Waals surface area contributed by atoms with Crippen molar-refractivity contribution in [2.75, 3.05) is 14.2 Å². The maximum atomic E-state index is 14.1. The average Bonchev–Trinajstić information content (AvgIpc) is 2.47. The van der Waals surface area contributed by atoms with E-state index in [1.54, 1.807) is 18.3 Å². The second-order valence-corrected chi connectivity index (χ2v) is 5.32. The smallest absolute Gasteiger partial charge is 0.131 e. The second-order valence-electron chi connectivity index (χ2n) is 4.40. The maximum Gasteiger partial charge on any atom is 0.131 e. The monoisotopic (exact) mass is 338 g/mol. The van der Waals surface area contributed by atoms with Gasteiger partial charge >= 0.3 is 0 Å². The zero-order valence-corrected chi connectivity index (χ0v) is 12.9. The molecule has 0 saturated carbocycles. The first-order valence-electron chi connectivity index (χ1n) is 6.25. The van der Waals surface area contributed by atoms with Gasteiger partial charge in [-0.05, 0) is 41.2 Å². The summed E-state index contributed by atoms with van der Waals surface area (Å²) in [4.78, 5) is 4.32. The van der Waals surface area contributed by atoms with E-state index in [0.29, 0.717) is 17.7 Å². The molecule has 1 N–H and O–H groups in total. The summed E-state index contributed by atoms with van der Waals surface area (Å²) in [5.41, 5.74) is 1.51. The van der Waals surface area contributed by atoms with E-state index in [1.807, 2.05) is 19.2 Å². The number of pyridine rings is 1. The number of benzene rings is 1. The molecule has 1 unspecified atom stereocenters. The van der Waals surface area contributed by atoms with Crippen LogP contribution in [-0.2, 0) is 6.42 Å². The Morgan fingerprint density at radius 2 is 2.15 bits per heavy atom. The highest BCUT2D eigenvalue weighted by atomic mass is 79.9. The third kappa shape index (κ3) is 3.55. The minimum Gasteiger partial charge on any atom is -0.497 e. The Hall–Kier alpha value is -1.46. The molecule has 2 aromatic rings. The summed E-state index contributed by atoms with van der Waals surface area (Å²) in [6.45, 7) is 0. The van der Waals surface area contributed by atoms with Crippen LogP contribution >= 0.6 is 15.9 Å². The van der Waals surface area contributed by atoms with Crippen LogP contribution in [0.15, 0.2) is 41.0 Å². The Labute approximate surface area is 126 Å². The Morgan fingerprint density at radius 1 is 1.35 bits per heavy atom. The van der Waals surface area contributed by atoms with Crippen LogP contribution in [0.4, 0.5) is 4.39 Å². The third-order valence-electron chi connectivity index (χ3n) is 3.13. The Bertz CT molecular complexity index is 575. The van der Waals surface area contributed by atoms with E-state index in [2.05, 4.69) is 26.2 Å². The lowest BCUT2D eigenvalue weighted by Gasteiger charge is -2.17. The summed E-state index contributed by atoms with van der Waals surface area (Å²) in [5.74, 6) is 0.240. The molecule has 0 spiro atoms. The summed E-state index contributed by atoms with van der Waals surface area (Å²) in [6.07, 6.45) is 2.36. The van der Waals surface area contributed by atoms with Gasteiger partial charge in [-0.2, -0.15) is 0 Å². The highest BCUT2D eigenvalue weighted by Gasteiger charge is 2.16. The quantitative estimate of drug-likeness (QED) is 0.905. The molecule has 0 aliphatic heterocycles. The highest BCUT2D eigenvalue weighted by Crippen LogP contribution is 2.24. The van der Waals surface area contributed by atoms with Crippen LogP contribution in [0.3, 0.4) is 0 Å². The predicted octanol–water partition coefficient (Wildman–Crippen LogP) is 3.50. The van der Waals surface area contributed by atoms with Crippen molar-refractivity contribution in [2.24, 2.45) is 0 Å². The molecule has 5 heteroatoms. The van der Waals surface area contributed by atoms with Crippen LogP contribution in [-0.4, -0.2) is 19.1 Å². The van der Waals surface area contributed by atoms with Gasteiger partial charge in [0, 0.05) is 40.5 Å². The molecular weight excluding hydrogens is 323 g/mol. The minimum absolute atomic E-state index is 0.130. The molecule has 20 heavy (non-hydrogen) atoms. The van der Waals surface area contributed by atoms with Crippen molar-refractivity contribution < 1.29 is 9.13 Å². The molecule has 0 aliphatic rings. The van der Waals surface area contributed by atoms with Crippen LogP contribution in [0.2, 0.25) is 0 Å². The number of hydrogen-bond acceptors (Lipinski definition) is 3. The van der Waals surface area contributed by atoms with Crippen LogP contribution in [0, 0.1) is 5.82 Å². The molecular formula is C15H16BrFN2O. The lowest BCUT2D eigenvalue weighted by atomic mass is 10.0. The lowest BCUT2D eigenvalue weighted by molar-refractivity contribution is 0.409. The Morgan fingerprint density at radius 3 is 2.70 bits per heavy atom. The van der Waals surface area contributed by atoms with E-state index in [4.69, 9.17) is 4.74 Å². The van der Waals surface area contributed by atoms with E-state index >= 15 is 0 Å². The van der Waals surface area contributed by atoms with Gasteiger partial charge < -0.3 is 10.1 Å². The van der Waals surface area contributed by atoms with Crippen molar-refractivity contribution in [1.82, 2.24) is 10.3 Å². The van der Waals surface area contributed by atoms with Gasteiger partial charge in [-0.3, -0.25) is 4.98 Å². The number of rotatable bonds is 5. The topological polar surface area (TPSA) is 34.2 Å². The number of ether oxygens (including phenoxy) is 1. The summed E-state index contributed by atoms with van der Waals surface area (Å²) in [5, 5.41) is 3.13. The predicted molar refractivity (Wildman–Crippen MR) is 80.4 cm³/mol. The number of methoxy groups -OCH3 is 1. The number of likely N-dealkylation sites (N-methyl/N-ethyl adjacent to an activating group) is 1. The molecule has 0 saturated heterocycles. The first kappa shape index (κ1) is 14.9. The first-order valence-corrected chi connectivity index (χ1v) is 7.04. The van der Waals surface area contributed by atoms with Crippen molar-refractivity contribution in [3.8, 4) is 5.75 Å². The second kappa shape index (κ2) is 6.81. The molecule has 0 radical (unpaired) electrons. The fraction of sp³-hybridized carbons (Fsp3) is 0.267. The molecule has 106 valence electrons. The van der Waals surface area contributed by atoms with Crippen LogP contribution < -0.4 is 10.1 Å². The van der Waals surface area contributed by atoms with E-state index in [1.165, 1.54) is 13.2 Å². The van der Waals surface area contributed by atoms with Gasteiger partial charge in [0.15, 0.2) is 0 Å². The van der Waals surface area contributed by atoms with Gasteiger partial charge in [0.25, 0.3) is 0 Å². The van der Waals surface area contributed by atoms with Gasteiger partial charge in [-0.15, -0.1) is 0 Å². The summed E-state index contributed by atoms with van der Waals surface area (Å²) >= 11 is 3.35. The largest absolute Gasteiger partial charge is 0.497 e. The standard InChI is InChI=1S/C15H16BrFN2O/c1-18-15(7-11-4-3-10(16)9-19-11)13-6-5-12(20-2)8-14(13)17/h3-6,8-9,15,18H,7H2,1-2H3. The minimum atomic E-state index is -0.277. The van der Waals surface area contributed by atoms with E-state index in [9.17, 15) is 4.39 Å². The van der Waals surface area contributed by atoms with Crippen LogP contribution in [0.1, 0.15) is 17.3 Å². The number of hydrogen-bond donors (Lipinski definition) is 1. The Kier molecular flexibility index (Phi) is 5.09. The summed E-state index contributed by atoms with van der Waals surface area (Å²) < 4.78 is 20.0. The van der Waals surface area contributed by atoms with Gasteiger partial charge in [-0.25, -0.2) is 4.39 Å². The molecule has 0 fully saturated rings. The molecule has 1 heterocycles. The number of halogens is 2. The molecule has 1 aromatic heterocycles. The summed E-state index contributed by atoms with van der Waals surface area (Å²) in [6, 6.07) is 8.63. The van der Waals surface area contributed by atoms with Gasteiger partial charge in [-0.1, -0.05) is 6.07 Å². The van der Waals surface area contributed by atoms with Gasteiger partial charge in [0.1, 0.15) is 11.6 Å². The fourth-order valence-corrected chi connectivity index (χ4v) is 2.26. The van der Waals surface area contributed by atoms with Gasteiger partial charge in [0.05, 0.1) is 7.11 Å². The highest BCUT2D eigenvalue weighted by molar-refractivity contribution is 9.10. The van der Waals surface area contributed by atoms with Crippen molar-refractivity contribution in [1.29, 1.82) is 0 Å². The van der Waals surface area contributed by atoms with Crippen molar-refractivity contribution in [2.45, 2.75) is 12.5 Å². The number of aromatic nitrogens is 1. The zero-order valence-electron chi connectivity index (χ0n) is 11.4. The van der Waals surface area contributed by atoms with Crippen LogP contribution in [0.5, 0.6) is 5.75 Å². The van der Waals surface area contributed by atoms with Crippen molar-refractivity contribution >= 4 is 15.9 Å². The third-order valence-corrected chi connectivity index (χ3v) is 3.60. The van der Waals surface area contributed by atoms with E-state index in [-0.39, 0.29) is 11.9 Å². The fourth-order valence-electron chi connectivity index (χ4n) is 2.02. The molecule has 0 amide bonds. The normalized spacial score (nSPS) is 12.2.